The number of nitrogens with one attached hydrogen (secondary N) is 2. The fourth-order valence-corrected chi connectivity index (χ4v) is 6.18. The number of methoxy groups -OCH3 is 4. The minimum atomic E-state index is -4.02. The van der Waals surface area contributed by atoms with E-state index < -0.39 is 21.6 Å². The molecule has 2 N–H and O–H groups in total. The van der Waals surface area contributed by atoms with Crippen LogP contribution in [0.3, 0.4) is 0 Å². The van der Waals surface area contributed by atoms with Crippen molar-refractivity contribution in [3.05, 3.63) is 86.9 Å². The second kappa shape index (κ2) is 12.4. The van der Waals surface area contributed by atoms with Crippen molar-refractivity contribution in [1.29, 1.82) is 0 Å². The first-order valence-electron chi connectivity index (χ1n) is 12.7. The number of hydrogen-bond acceptors (Lipinski definition) is 8. The first-order valence-corrected chi connectivity index (χ1v) is 14.2. The highest BCUT2D eigenvalue weighted by molar-refractivity contribution is 7.89. The van der Waals surface area contributed by atoms with Crippen LogP contribution in [0.5, 0.6) is 23.0 Å². The molecule has 0 saturated heterocycles. The largest absolute Gasteiger partial charge is 0.493 e. The van der Waals surface area contributed by atoms with E-state index >= 15 is 0 Å². The van der Waals surface area contributed by atoms with Gasteiger partial charge in [0.1, 0.15) is 4.90 Å². The number of H-pyrrole nitrogens is 1. The van der Waals surface area contributed by atoms with Crippen molar-refractivity contribution >= 4 is 28.0 Å². The maximum absolute atomic E-state index is 13.7. The van der Waals surface area contributed by atoms with Crippen molar-refractivity contribution < 1.29 is 32.2 Å². The smallest absolute Gasteiger partial charge is 0.248 e. The lowest BCUT2D eigenvalue weighted by Gasteiger charge is -2.27. The van der Waals surface area contributed by atoms with Crippen LogP contribution in [0.4, 0.5) is 0 Å². The predicted octanol–water partition coefficient (Wildman–Crippen LogP) is 3.89. The second-order valence-corrected chi connectivity index (χ2v) is 11.2. The third-order valence-electron chi connectivity index (χ3n) is 6.71. The zero-order valence-electron chi connectivity index (χ0n) is 23.4. The molecule has 1 aliphatic rings. The molecule has 0 aliphatic heterocycles. The van der Waals surface area contributed by atoms with Crippen molar-refractivity contribution in [2.75, 3.05) is 28.4 Å². The van der Waals surface area contributed by atoms with Crippen molar-refractivity contribution in [2.24, 2.45) is 0 Å². The number of aromatic amines is 1. The molecule has 2 aromatic carbocycles. The Labute approximate surface area is 238 Å². The molecular weight excluding hydrogens is 548 g/mol. The molecule has 1 saturated carbocycles. The lowest BCUT2D eigenvalue weighted by molar-refractivity contribution is -0.113. The molecule has 10 nitrogen and oxygen atoms in total. The van der Waals surface area contributed by atoms with Crippen LogP contribution < -0.4 is 29.2 Å². The zero-order valence-corrected chi connectivity index (χ0v) is 24.3. The molecule has 4 rings (SSSR count). The van der Waals surface area contributed by atoms with Gasteiger partial charge in [0.05, 0.1) is 28.4 Å². The van der Waals surface area contributed by atoms with Crippen molar-refractivity contribution in [1.82, 2.24) is 9.71 Å². The Kier molecular flexibility index (Phi) is 8.99. The molecule has 216 valence electrons. The van der Waals surface area contributed by atoms with E-state index in [4.69, 9.17) is 18.9 Å². The molecule has 1 fully saturated rings. The highest BCUT2D eigenvalue weighted by Crippen LogP contribution is 2.34. The summed E-state index contributed by atoms with van der Waals surface area (Å²) in [5.74, 6) is 1.88. The zero-order chi connectivity index (χ0) is 29.7. The third-order valence-corrected chi connectivity index (χ3v) is 8.37. The summed E-state index contributed by atoms with van der Waals surface area (Å²) in [5, 5.41) is 0. The van der Waals surface area contributed by atoms with Crippen LogP contribution in [0.15, 0.2) is 69.5 Å². The highest BCUT2D eigenvalue weighted by Gasteiger charge is 2.31. The standard InChI is InChI=1S/C30H32N2O8S/c1-18-10-29(33)31-17-28(18)41(35,36)32-23-15-21(11-19-6-8-24(37-2)26(13-19)39-4)30(34)22(16-23)12-20-7-9-25(38-3)27(14-20)40-5/h6-14,17,23,32H,15-16H2,1-5H3,(H,31,33)/b21-11+,22-12+. The van der Waals surface area contributed by atoms with E-state index in [0.29, 0.717) is 50.8 Å². The number of ether oxygens (including phenoxy) is 4. The van der Waals surface area contributed by atoms with E-state index in [9.17, 15) is 18.0 Å². The Hall–Kier alpha value is -4.35. The van der Waals surface area contributed by atoms with Gasteiger partial charge in [-0.15, -0.1) is 0 Å². The molecule has 0 radical (unpaired) electrons. The fraction of sp³-hybridized carbons (Fsp3) is 0.267. The van der Waals surface area contributed by atoms with Gasteiger partial charge in [0.25, 0.3) is 0 Å². The van der Waals surface area contributed by atoms with E-state index in [1.54, 1.807) is 55.5 Å². The normalized spacial score (nSPS) is 17.5. The summed E-state index contributed by atoms with van der Waals surface area (Å²) >= 11 is 0. The maximum Gasteiger partial charge on any atom is 0.248 e. The van der Waals surface area contributed by atoms with Crippen LogP contribution in [0.1, 0.15) is 29.5 Å². The van der Waals surface area contributed by atoms with Crippen LogP contribution in [0, 0.1) is 6.92 Å². The lowest BCUT2D eigenvalue weighted by atomic mass is 9.84. The van der Waals surface area contributed by atoms with E-state index in [1.807, 2.05) is 0 Å². The summed E-state index contributed by atoms with van der Waals surface area (Å²) in [6.07, 6.45) is 4.92. The third kappa shape index (κ3) is 6.69. The summed E-state index contributed by atoms with van der Waals surface area (Å²) < 4.78 is 50.8. The molecule has 41 heavy (non-hydrogen) atoms. The number of aryl methyl sites for hydroxylation is 1. The Balaban J connectivity index is 1.76. The highest BCUT2D eigenvalue weighted by atomic mass is 32.2. The number of sulfonamides is 1. The molecular formula is C30H32N2O8S. The van der Waals surface area contributed by atoms with Gasteiger partial charge in [0, 0.05) is 29.5 Å². The monoisotopic (exact) mass is 580 g/mol. The second-order valence-electron chi connectivity index (χ2n) is 9.47. The van der Waals surface area contributed by atoms with Gasteiger partial charge >= 0.3 is 0 Å². The van der Waals surface area contributed by atoms with Crippen LogP contribution in [-0.4, -0.2) is 53.7 Å². The van der Waals surface area contributed by atoms with Crippen molar-refractivity contribution in [2.45, 2.75) is 30.7 Å². The SMILES string of the molecule is COc1ccc(/C=C2\CC(NS(=O)(=O)c3c[nH]c(=O)cc3C)C/C(=C\c3ccc(OC)c(OC)c3)C2=O)cc1OC. The molecule has 0 atom stereocenters. The minimum Gasteiger partial charge on any atom is -0.493 e. The molecule has 0 amide bonds. The molecule has 1 aliphatic carbocycles. The van der Waals surface area contributed by atoms with Gasteiger partial charge in [-0.05, 0) is 72.9 Å². The Morgan fingerprint density at radius 2 is 1.27 bits per heavy atom. The van der Waals surface area contributed by atoms with Crippen LogP contribution >= 0.6 is 0 Å². The summed E-state index contributed by atoms with van der Waals surface area (Å²) in [6.45, 7) is 1.55. The predicted molar refractivity (Wildman–Crippen MR) is 155 cm³/mol. The van der Waals surface area contributed by atoms with Gasteiger partial charge in [0.2, 0.25) is 15.6 Å². The van der Waals surface area contributed by atoms with Crippen molar-refractivity contribution in [3.8, 4) is 23.0 Å². The molecule has 11 heteroatoms. The molecule has 0 spiro atoms. The number of carbonyl (C=O) groups excluding carboxylic acids is 1. The van der Waals surface area contributed by atoms with Gasteiger partial charge in [-0.2, -0.15) is 0 Å². The van der Waals surface area contributed by atoms with Gasteiger partial charge in [-0.25, -0.2) is 13.1 Å². The number of hydrogen-bond donors (Lipinski definition) is 2. The Bertz CT molecular complexity index is 1610. The number of carbonyl (C=O) groups is 1. The summed E-state index contributed by atoms with van der Waals surface area (Å²) in [6, 6.07) is 11.1. The number of aromatic nitrogens is 1. The van der Waals surface area contributed by atoms with E-state index in [1.165, 1.54) is 40.7 Å². The number of benzene rings is 2. The Morgan fingerprint density at radius 3 is 1.71 bits per heavy atom. The van der Waals surface area contributed by atoms with Gasteiger partial charge in [-0.1, -0.05) is 12.1 Å². The minimum absolute atomic E-state index is 0.0372. The van der Waals surface area contributed by atoms with Gasteiger partial charge in [0.15, 0.2) is 28.8 Å². The van der Waals surface area contributed by atoms with Gasteiger partial charge in [-0.3, -0.25) is 9.59 Å². The summed E-state index contributed by atoms with van der Waals surface area (Å²) in [5.41, 5.74) is 2.13. The number of ketones is 1. The van der Waals surface area contributed by atoms with E-state index in [2.05, 4.69) is 9.71 Å². The molecule has 0 unspecified atom stereocenters. The van der Waals surface area contributed by atoms with Crippen molar-refractivity contribution in [3.63, 3.8) is 0 Å². The molecule has 0 bridgehead atoms. The first kappa shape index (κ1) is 29.6. The van der Waals surface area contributed by atoms with Gasteiger partial charge < -0.3 is 23.9 Å². The number of rotatable bonds is 9. The Morgan fingerprint density at radius 1 is 0.780 bits per heavy atom. The van der Waals surface area contributed by atoms with Crippen LogP contribution in [-0.2, 0) is 14.8 Å². The number of Topliss-reactive ketones (excluding diaryl/α,β-unsaturated/α-hetero) is 1. The molecule has 1 heterocycles. The summed E-state index contributed by atoms with van der Waals surface area (Å²) in [4.78, 5) is 27.7. The quantitative estimate of drug-likeness (QED) is 0.364. The van der Waals surface area contributed by atoms with E-state index in [-0.39, 0.29) is 23.5 Å². The average molecular weight is 581 g/mol. The van der Waals surface area contributed by atoms with E-state index in [0.717, 1.165) is 0 Å². The first-order chi connectivity index (χ1) is 19.6. The molecule has 1 aromatic heterocycles. The average Bonchev–Trinajstić information content (AvgIpc) is 2.94. The fourth-order valence-electron chi connectivity index (χ4n) is 4.75. The topological polar surface area (TPSA) is 133 Å². The lowest BCUT2D eigenvalue weighted by Crippen LogP contribution is -2.39. The van der Waals surface area contributed by atoms with Crippen LogP contribution in [0.2, 0.25) is 0 Å². The molecule has 3 aromatic rings. The number of pyridine rings is 1. The van der Waals surface area contributed by atoms with Crippen LogP contribution in [0.25, 0.3) is 12.2 Å². The maximum atomic E-state index is 13.7. The summed E-state index contributed by atoms with van der Waals surface area (Å²) in [7, 11) is 2.10.